The molecule has 0 spiro atoms. The molecule has 0 atom stereocenters. The summed E-state index contributed by atoms with van der Waals surface area (Å²) >= 11 is 0. The second-order valence-corrected chi connectivity index (χ2v) is 11.5. The molecule has 0 N–H and O–H groups in total. The summed E-state index contributed by atoms with van der Waals surface area (Å²) in [6, 6.07) is 16.7. The van der Waals surface area contributed by atoms with Gasteiger partial charge < -0.3 is 4.52 Å². The third-order valence-electron chi connectivity index (χ3n) is 6.23. The number of rotatable bonds is 4. The van der Waals surface area contributed by atoms with Gasteiger partial charge in [0.2, 0.25) is 15.8 Å². The van der Waals surface area contributed by atoms with Crippen molar-refractivity contribution in [1.82, 2.24) is 24.2 Å². The largest absolute Gasteiger partial charge is 0.332 e. The molecule has 176 valence electrons. The van der Waals surface area contributed by atoms with Crippen molar-refractivity contribution in [2.45, 2.75) is 44.0 Å². The molecule has 2 aromatic carbocycles. The van der Waals surface area contributed by atoms with Crippen LogP contribution in [0.5, 0.6) is 0 Å². The molecule has 4 aromatic rings. The van der Waals surface area contributed by atoms with Gasteiger partial charge in [0.25, 0.3) is 5.89 Å². The van der Waals surface area contributed by atoms with E-state index in [1.54, 1.807) is 16.8 Å². The minimum absolute atomic E-state index is 0.0460. The third kappa shape index (κ3) is 3.95. The Kier molecular flexibility index (Phi) is 5.41. The zero-order valence-corrected chi connectivity index (χ0v) is 20.5. The van der Waals surface area contributed by atoms with Crippen LogP contribution in [0.15, 0.2) is 64.0 Å². The number of sulfonamides is 1. The van der Waals surface area contributed by atoms with Crippen LogP contribution in [0, 0.1) is 0 Å². The third-order valence-corrected chi connectivity index (χ3v) is 8.09. The van der Waals surface area contributed by atoms with Gasteiger partial charge in [0.05, 0.1) is 4.90 Å². The number of hydrogen-bond acceptors (Lipinski definition) is 6. The predicted octanol–water partition coefficient (Wildman–Crippen LogP) is 4.18. The fourth-order valence-corrected chi connectivity index (χ4v) is 5.65. The van der Waals surface area contributed by atoms with Gasteiger partial charge in [-0.3, -0.25) is 4.68 Å². The lowest BCUT2D eigenvalue weighted by molar-refractivity contribution is 0.385. The van der Waals surface area contributed by atoms with Crippen LogP contribution in [0.4, 0.5) is 0 Å². The maximum atomic E-state index is 13.4. The van der Waals surface area contributed by atoms with Crippen LogP contribution in [-0.4, -0.2) is 39.2 Å². The Morgan fingerprint density at radius 3 is 2.38 bits per heavy atom. The Morgan fingerprint density at radius 2 is 1.71 bits per heavy atom. The second-order valence-electron chi connectivity index (χ2n) is 9.55. The Bertz CT molecular complexity index is 1430. The molecule has 0 saturated heterocycles. The summed E-state index contributed by atoms with van der Waals surface area (Å²) < 4.78 is 35.7. The van der Waals surface area contributed by atoms with E-state index in [-0.39, 0.29) is 17.9 Å². The minimum Gasteiger partial charge on any atom is -0.332 e. The lowest BCUT2D eigenvalue weighted by atomic mass is 9.87. The van der Waals surface area contributed by atoms with Crippen LogP contribution in [0.1, 0.15) is 37.6 Å². The van der Waals surface area contributed by atoms with Crippen LogP contribution >= 0.6 is 0 Å². The zero-order valence-electron chi connectivity index (χ0n) is 19.7. The van der Waals surface area contributed by atoms with Crippen molar-refractivity contribution in [1.29, 1.82) is 0 Å². The van der Waals surface area contributed by atoms with Gasteiger partial charge in [0.15, 0.2) is 5.69 Å². The molecular formula is C25H27N5O3S. The first-order chi connectivity index (χ1) is 16.1. The normalized spacial score (nSPS) is 14.8. The summed E-state index contributed by atoms with van der Waals surface area (Å²) in [4.78, 5) is 4.82. The molecule has 8 nitrogen and oxygen atoms in total. The summed E-state index contributed by atoms with van der Waals surface area (Å²) in [6.07, 6.45) is 0.553. The van der Waals surface area contributed by atoms with E-state index >= 15 is 0 Å². The maximum absolute atomic E-state index is 13.4. The van der Waals surface area contributed by atoms with Gasteiger partial charge in [0, 0.05) is 43.4 Å². The topological polar surface area (TPSA) is 94.1 Å². The number of fused-ring (bicyclic) bond motifs is 1. The highest BCUT2D eigenvalue weighted by Crippen LogP contribution is 2.33. The van der Waals surface area contributed by atoms with Gasteiger partial charge in [-0.15, -0.1) is 0 Å². The fraction of sp³-hybridized carbons (Fsp3) is 0.320. The van der Waals surface area contributed by atoms with Gasteiger partial charge in [-0.1, -0.05) is 68.4 Å². The van der Waals surface area contributed by atoms with Crippen LogP contribution in [0.25, 0.3) is 23.0 Å². The minimum atomic E-state index is -3.66. The molecule has 1 aliphatic heterocycles. The number of nitrogens with zero attached hydrogens (tertiary/aromatic N) is 5. The van der Waals surface area contributed by atoms with Gasteiger partial charge in [-0.05, 0) is 23.1 Å². The zero-order chi connectivity index (χ0) is 24.1. The number of hydrogen-bond donors (Lipinski definition) is 0. The van der Waals surface area contributed by atoms with E-state index in [0.29, 0.717) is 29.4 Å². The fourth-order valence-electron chi connectivity index (χ4n) is 4.24. The highest BCUT2D eigenvalue weighted by Gasteiger charge is 2.33. The van der Waals surface area contributed by atoms with Crippen molar-refractivity contribution in [3.05, 3.63) is 71.4 Å². The lowest BCUT2D eigenvalue weighted by Gasteiger charge is -2.27. The lowest BCUT2D eigenvalue weighted by Crippen LogP contribution is -2.36. The van der Waals surface area contributed by atoms with E-state index in [1.165, 1.54) is 4.31 Å². The number of aryl methyl sites for hydroxylation is 1. The van der Waals surface area contributed by atoms with E-state index in [4.69, 9.17) is 4.52 Å². The molecule has 3 heterocycles. The Morgan fingerprint density at radius 1 is 1.00 bits per heavy atom. The monoisotopic (exact) mass is 477 g/mol. The van der Waals surface area contributed by atoms with E-state index < -0.39 is 10.0 Å². The van der Waals surface area contributed by atoms with Crippen molar-refractivity contribution in [2.24, 2.45) is 7.05 Å². The second kappa shape index (κ2) is 8.18. The highest BCUT2D eigenvalue weighted by atomic mass is 32.2. The van der Waals surface area contributed by atoms with Crippen molar-refractivity contribution in [3.8, 4) is 23.0 Å². The first kappa shape index (κ1) is 22.5. The maximum Gasteiger partial charge on any atom is 0.279 e. The molecular weight excluding hydrogens is 450 g/mol. The molecule has 1 aliphatic rings. The van der Waals surface area contributed by atoms with Gasteiger partial charge in [0.1, 0.15) is 0 Å². The standard InChI is InChI=1S/C25H27N5O3S/c1-25(2,3)18-10-12-19(13-11-18)34(31,32)30-15-14-21-20(16-30)22(27-29(21)4)24-26-23(28-33-24)17-8-6-5-7-9-17/h5-13H,14-16H2,1-4H3. The molecule has 0 unspecified atom stereocenters. The first-order valence-corrected chi connectivity index (χ1v) is 12.6. The van der Waals surface area contributed by atoms with Crippen molar-refractivity contribution in [2.75, 3.05) is 6.54 Å². The Labute approximate surface area is 199 Å². The SMILES string of the molecule is Cn1nc(-c2nc(-c3ccccc3)no2)c2c1CCN(S(=O)(=O)c1ccc(C(C)(C)C)cc1)C2. The average molecular weight is 478 g/mol. The summed E-state index contributed by atoms with van der Waals surface area (Å²) in [6.45, 7) is 6.90. The summed E-state index contributed by atoms with van der Waals surface area (Å²) in [5.74, 6) is 0.749. The molecule has 0 bridgehead atoms. The molecule has 0 aliphatic carbocycles. The van der Waals surface area contributed by atoms with E-state index in [2.05, 4.69) is 36.0 Å². The van der Waals surface area contributed by atoms with Crippen molar-refractivity contribution in [3.63, 3.8) is 0 Å². The Hall–Kier alpha value is -3.30. The smallest absolute Gasteiger partial charge is 0.279 e. The molecule has 2 aromatic heterocycles. The van der Waals surface area contributed by atoms with Gasteiger partial charge >= 0.3 is 0 Å². The van der Waals surface area contributed by atoms with Gasteiger partial charge in [-0.2, -0.15) is 14.4 Å². The van der Waals surface area contributed by atoms with E-state index in [9.17, 15) is 8.42 Å². The molecule has 5 rings (SSSR count). The van der Waals surface area contributed by atoms with E-state index in [1.807, 2.05) is 49.5 Å². The molecule has 0 radical (unpaired) electrons. The summed E-state index contributed by atoms with van der Waals surface area (Å²) in [7, 11) is -1.81. The van der Waals surface area contributed by atoms with Crippen molar-refractivity contribution >= 4 is 10.0 Å². The first-order valence-electron chi connectivity index (χ1n) is 11.2. The van der Waals surface area contributed by atoms with Crippen LogP contribution in [0.2, 0.25) is 0 Å². The molecule has 0 saturated carbocycles. The number of benzene rings is 2. The van der Waals surface area contributed by atoms with E-state index in [0.717, 1.165) is 22.4 Å². The predicted molar refractivity (Wildman–Crippen MR) is 128 cm³/mol. The average Bonchev–Trinajstić information content (AvgIpc) is 3.44. The molecule has 9 heteroatoms. The Balaban J connectivity index is 1.46. The van der Waals surface area contributed by atoms with Crippen molar-refractivity contribution < 1.29 is 12.9 Å². The molecule has 0 fully saturated rings. The summed E-state index contributed by atoms with van der Waals surface area (Å²) in [5, 5.41) is 8.69. The molecule has 34 heavy (non-hydrogen) atoms. The highest BCUT2D eigenvalue weighted by molar-refractivity contribution is 7.89. The summed E-state index contributed by atoms with van der Waals surface area (Å²) in [5.41, 5.74) is 4.18. The van der Waals surface area contributed by atoms with Gasteiger partial charge in [-0.25, -0.2) is 8.42 Å². The number of aromatic nitrogens is 4. The van der Waals surface area contributed by atoms with Crippen LogP contribution in [0.3, 0.4) is 0 Å². The quantitative estimate of drug-likeness (QED) is 0.438. The van der Waals surface area contributed by atoms with Crippen LogP contribution < -0.4 is 0 Å². The molecule has 0 amide bonds. The van der Waals surface area contributed by atoms with Crippen LogP contribution in [-0.2, 0) is 35.5 Å².